The molecule has 0 fully saturated rings. The minimum atomic E-state index is -0.547. The van der Waals surface area contributed by atoms with Crippen molar-refractivity contribution in [1.82, 2.24) is 15.0 Å². The molecule has 63 heavy (non-hydrogen) atoms. The van der Waals surface area contributed by atoms with E-state index in [2.05, 4.69) is 188 Å². The average Bonchev–Trinajstić information content (AvgIpc) is 3.68. The maximum absolute atomic E-state index is 6.94. The highest BCUT2D eigenvalue weighted by atomic mass is 16.6. The van der Waals surface area contributed by atoms with Gasteiger partial charge in [-0.3, -0.25) is 0 Å². The van der Waals surface area contributed by atoms with Gasteiger partial charge in [0.15, 0.2) is 40.5 Å². The van der Waals surface area contributed by atoms with Crippen LogP contribution < -0.4 is 9.47 Å². The normalized spacial score (nSPS) is 12.8. The van der Waals surface area contributed by atoms with Crippen LogP contribution >= 0.6 is 0 Å². The Balaban J connectivity index is 0.949. The van der Waals surface area contributed by atoms with Crippen LogP contribution in [0.1, 0.15) is 22.3 Å². The molecule has 5 heteroatoms. The molecule has 0 saturated carbocycles. The van der Waals surface area contributed by atoms with Gasteiger partial charge in [0.25, 0.3) is 0 Å². The van der Waals surface area contributed by atoms with Crippen molar-refractivity contribution in [2.45, 2.75) is 5.41 Å². The minimum absolute atomic E-state index is 0.532. The van der Waals surface area contributed by atoms with Gasteiger partial charge in [0.1, 0.15) is 0 Å². The molecule has 0 N–H and O–H groups in total. The second-order valence-corrected chi connectivity index (χ2v) is 15.9. The highest BCUT2D eigenvalue weighted by molar-refractivity contribution is 5.92. The third kappa shape index (κ3) is 6.13. The van der Waals surface area contributed by atoms with Crippen molar-refractivity contribution in [1.29, 1.82) is 0 Å². The summed E-state index contributed by atoms with van der Waals surface area (Å²) >= 11 is 0. The molecule has 0 unspecified atom stereocenters. The van der Waals surface area contributed by atoms with Crippen LogP contribution in [0, 0.1) is 0 Å². The lowest BCUT2D eigenvalue weighted by Crippen LogP contribution is -2.28. The van der Waals surface area contributed by atoms with Crippen LogP contribution in [0.2, 0.25) is 0 Å². The summed E-state index contributed by atoms with van der Waals surface area (Å²) in [6.45, 7) is 0. The van der Waals surface area contributed by atoms with Crippen LogP contribution in [0.25, 0.3) is 67.5 Å². The Morgan fingerprint density at radius 3 is 1.29 bits per heavy atom. The summed E-state index contributed by atoms with van der Waals surface area (Å²) < 4.78 is 13.7. The fourth-order valence-electron chi connectivity index (χ4n) is 9.35. The maximum Gasteiger partial charge on any atom is 0.178 e. The monoisotopic (exact) mass is 807 g/mol. The van der Waals surface area contributed by atoms with E-state index in [0.717, 1.165) is 55.6 Å². The van der Waals surface area contributed by atoms with Gasteiger partial charge in [-0.15, -0.1) is 0 Å². The first-order valence-corrected chi connectivity index (χ1v) is 21.2. The number of fused-ring (bicyclic) bond motifs is 6. The highest BCUT2D eigenvalue weighted by Crippen LogP contribution is 2.62. The van der Waals surface area contributed by atoms with Gasteiger partial charge in [0.2, 0.25) is 0 Å². The topological polar surface area (TPSA) is 57.1 Å². The molecule has 0 radical (unpaired) electrons. The lowest BCUT2D eigenvalue weighted by atomic mass is 9.68. The van der Waals surface area contributed by atoms with Crippen molar-refractivity contribution in [3.05, 3.63) is 247 Å². The standard InChI is InChI=1S/C58H37N3O2/c1-5-15-38(16-6-1)40-25-29-42(30-26-40)55-59-56(43-31-27-41(28-32-43)39-17-7-2-8-18-39)61-57(60-55)44-33-35-50-52(37-44)62-51-36-34-49-53(54(51)63-50)47-23-13-14-24-48(47)58(49,45-19-9-3-10-20-45)46-21-11-4-12-22-46/h1-37H. The van der Waals surface area contributed by atoms with Gasteiger partial charge in [-0.1, -0.05) is 200 Å². The quantitative estimate of drug-likeness (QED) is 0.161. The third-order valence-electron chi connectivity index (χ3n) is 12.3. The molecule has 0 amide bonds. The molecule has 0 spiro atoms. The lowest BCUT2D eigenvalue weighted by molar-refractivity contribution is 0.360. The van der Waals surface area contributed by atoms with Crippen molar-refractivity contribution < 1.29 is 9.47 Å². The van der Waals surface area contributed by atoms with E-state index in [-0.39, 0.29) is 0 Å². The first-order valence-electron chi connectivity index (χ1n) is 21.2. The SMILES string of the molecule is c1ccc(-c2ccc(-c3nc(-c4ccc(-c5ccccc5)cc4)nc(-c4ccc5c(c4)Oc4ccc6c(c4O5)-c4ccccc4C6(c4ccccc4)c4ccccc4)n3)cc2)cc1. The summed E-state index contributed by atoms with van der Waals surface area (Å²) in [5, 5.41) is 0. The second kappa shape index (κ2) is 14.9. The Bertz CT molecular complexity index is 3160. The minimum Gasteiger partial charge on any atom is -0.449 e. The van der Waals surface area contributed by atoms with E-state index < -0.39 is 5.41 Å². The van der Waals surface area contributed by atoms with Crippen molar-refractivity contribution in [2.75, 3.05) is 0 Å². The molecule has 9 aromatic carbocycles. The van der Waals surface area contributed by atoms with Gasteiger partial charge in [-0.2, -0.15) is 0 Å². The zero-order valence-electron chi connectivity index (χ0n) is 34.0. The Labute approximate surface area is 365 Å². The van der Waals surface area contributed by atoms with Crippen LogP contribution in [-0.4, -0.2) is 15.0 Å². The Morgan fingerprint density at radius 1 is 0.302 bits per heavy atom. The molecule has 12 rings (SSSR count). The van der Waals surface area contributed by atoms with E-state index in [0.29, 0.717) is 40.5 Å². The Hall–Kier alpha value is -8.41. The van der Waals surface area contributed by atoms with Gasteiger partial charge in [0, 0.05) is 22.3 Å². The van der Waals surface area contributed by atoms with Crippen molar-refractivity contribution >= 4 is 0 Å². The van der Waals surface area contributed by atoms with Gasteiger partial charge in [-0.05, 0) is 74.3 Å². The number of nitrogens with zero attached hydrogens (tertiary/aromatic N) is 3. The summed E-state index contributed by atoms with van der Waals surface area (Å²) in [4.78, 5) is 15.2. The smallest absolute Gasteiger partial charge is 0.178 e. The molecule has 10 aromatic rings. The van der Waals surface area contributed by atoms with Crippen LogP contribution in [0.15, 0.2) is 224 Å². The summed E-state index contributed by atoms with van der Waals surface area (Å²) in [6, 6.07) is 77.9. The van der Waals surface area contributed by atoms with E-state index in [9.17, 15) is 0 Å². The van der Waals surface area contributed by atoms with Crippen LogP contribution in [0.5, 0.6) is 23.0 Å². The predicted octanol–water partition coefficient (Wildman–Crippen LogP) is 14.5. The molecule has 0 atom stereocenters. The maximum atomic E-state index is 6.94. The molecular formula is C58H37N3O2. The van der Waals surface area contributed by atoms with Gasteiger partial charge in [-0.25, -0.2) is 15.0 Å². The molecule has 1 aromatic heterocycles. The van der Waals surface area contributed by atoms with Gasteiger partial charge >= 0.3 is 0 Å². The zero-order valence-corrected chi connectivity index (χ0v) is 34.0. The van der Waals surface area contributed by atoms with E-state index in [1.165, 1.54) is 16.7 Å². The largest absolute Gasteiger partial charge is 0.449 e. The number of benzene rings is 9. The molecule has 1 aliphatic heterocycles. The van der Waals surface area contributed by atoms with Crippen LogP contribution in [-0.2, 0) is 5.41 Å². The van der Waals surface area contributed by atoms with Crippen molar-refractivity contribution in [3.8, 4) is 90.5 Å². The number of hydrogen-bond acceptors (Lipinski definition) is 5. The average molecular weight is 808 g/mol. The molecule has 296 valence electrons. The Kier molecular flexibility index (Phi) is 8.64. The van der Waals surface area contributed by atoms with E-state index in [4.69, 9.17) is 24.4 Å². The molecule has 2 heterocycles. The lowest BCUT2D eigenvalue weighted by Gasteiger charge is -2.34. The Morgan fingerprint density at radius 2 is 0.730 bits per heavy atom. The first kappa shape index (κ1) is 36.4. The highest BCUT2D eigenvalue weighted by Gasteiger charge is 2.48. The fourth-order valence-corrected chi connectivity index (χ4v) is 9.35. The van der Waals surface area contributed by atoms with Gasteiger partial charge in [0.05, 0.1) is 5.41 Å². The predicted molar refractivity (Wildman–Crippen MR) is 251 cm³/mol. The molecule has 2 aliphatic rings. The second-order valence-electron chi connectivity index (χ2n) is 15.9. The van der Waals surface area contributed by atoms with Crippen molar-refractivity contribution in [2.24, 2.45) is 0 Å². The molecule has 5 nitrogen and oxygen atoms in total. The molecule has 1 aliphatic carbocycles. The van der Waals surface area contributed by atoms with Crippen LogP contribution in [0.4, 0.5) is 0 Å². The van der Waals surface area contributed by atoms with Crippen LogP contribution in [0.3, 0.4) is 0 Å². The van der Waals surface area contributed by atoms with E-state index in [1.54, 1.807) is 0 Å². The molecular weight excluding hydrogens is 771 g/mol. The van der Waals surface area contributed by atoms with Crippen molar-refractivity contribution in [3.63, 3.8) is 0 Å². The first-order chi connectivity index (χ1) is 31.2. The molecule has 0 saturated heterocycles. The molecule has 0 bridgehead atoms. The fraction of sp³-hybridized carbons (Fsp3) is 0.0172. The van der Waals surface area contributed by atoms with E-state index >= 15 is 0 Å². The number of ether oxygens (including phenoxy) is 2. The number of aromatic nitrogens is 3. The summed E-state index contributed by atoms with van der Waals surface area (Å²) in [5.41, 5.74) is 13.5. The summed E-state index contributed by atoms with van der Waals surface area (Å²) in [7, 11) is 0. The number of rotatable bonds is 7. The number of hydrogen-bond donors (Lipinski definition) is 0. The third-order valence-corrected chi connectivity index (χ3v) is 12.3. The summed E-state index contributed by atoms with van der Waals surface area (Å²) in [6.07, 6.45) is 0. The van der Waals surface area contributed by atoms with E-state index in [1.807, 2.05) is 36.4 Å². The zero-order chi connectivity index (χ0) is 41.7. The summed E-state index contributed by atoms with van der Waals surface area (Å²) in [5.74, 6) is 4.26. The van der Waals surface area contributed by atoms with Gasteiger partial charge < -0.3 is 9.47 Å².